The maximum atomic E-state index is 12.0. The van der Waals surface area contributed by atoms with E-state index in [0.29, 0.717) is 6.54 Å². The van der Waals surface area contributed by atoms with E-state index in [9.17, 15) is 4.79 Å². The SMILES string of the molecule is Cc1ccccc1CCNC(=O)NC(C)(C)CC(C)(C)C. The number of rotatable bonds is 5. The molecule has 0 aliphatic heterocycles. The third-order valence-corrected chi connectivity index (χ3v) is 3.37. The Bertz CT molecular complexity index is 472. The standard InChI is InChI=1S/C18H30N2O/c1-14-9-7-8-10-15(14)11-12-19-16(21)20-18(5,6)13-17(2,3)4/h7-10H,11-13H2,1-6H3,(H2,19,20,21). The summed E-state index contributed by atoms with van der Waals surface area (Å²) in [6.45, 7) is 13.5. The molecule has 0 spiro atoms. The number of amides is 2. The predicted molar refractivity (Wildman–Crippen MR) is 89.6 cm³/mol. The Hall–Kier alpha value is -1.51. The van der Waals surface area contributed by atoms with E-state index in [1.165, 1.54) is 11.1 Å². The van der Waals surface area contributed by atoms with Gasteiger partial charge in [-0.3, -0.25) is 0 Å². The van der Waals surface area contributed by atoms with Crippen LogP contribution in [0.15, 0.2) is 24.3 Å². The van der Waals surface area contributed by atoms with E-state index >= 15 is 0 Å². The van der Waals surface area contributed by atoms with E-state index in [2.05, 4.69) is 64.3 Å². The molecule has 0 aromatic heterocycles. The van der Waals surface area contributed by atoms with E-state index < -0.39 is 0 Å². The summed E-state index contributed by atoms with van der Waals surface area (Å²) in [7, 11) is 0. The summed E-state index contributed by atoms with van der Waals surface area (Å²) >= 11 is 0. The second-order valence-electron chi connectivity index (χ2n) is 7.68. The molecule has 3 heteroatoms. The first-order valence-corrected chi connectivity index (χ1v) is 7.70. The zero-order valence-electron chi connectivity index (χ0n) is 14.3. The average molecular weight is 290 g/mol. The highest BCUT2D eigenvalue weighted by Gasteiger charge is 2.26. The molecule has 2 N–H and O–H groups in total. The van der Waals surface area contributed by atoms with Gasteiger partial charge in [0.25, 0.3) is 0 Å². The van der Waals surface area contributed by atoms with Crippen LogP contribution >= 0.6 is 0 Å². The quantitative estimate of drug-likeness (QED) is 0.844. The zero-order chi connectivity index (χ0) is 16.1. The first-order chi connectivity index (χ1) is 9.59. The van der Waals surface area contributed by atoms with Crippen LogP contribution in [0.25, 0.3) is 0 Å². The average Bonchev–Trinajstić information content (AvgIpc) is 2.27. The van der Waals surface area contributed by atoms with Crippen molar-refractivity contribution in [3.05, 3.63) is 35.4 Å². The van der Waals surface area contributed by atoms with E-state index in [-0.39, 0.29) is 17.0 Å². The molecule has 0 aliphatic carbocycles. The fourth-order valence-corrected chi connectivity index (χ4v) is 2.92. The number of benzene rings is 1. The van der Waals surface area contributed by atoms with E-state index in [0.717, 1.165) is 12.8 Å². The highest BCUT2D eigenvalue weighted by molar-refractivity contribution is 5.74. The summed E-state index contributed by atoms with van der Waals surface area (Å²) in [4.78, 5) is 12.0. The topological polar surface area (TPSA) is 41.1 Å². The summed E-state index contributed by atoms with van der Waals surface area (Å²) in [5, 5.41) is 6.01. The van der Waals surface area contributed by atoms with Gasteiger partial charge >= 0.3 is 6.03 Å². The smallest absolute Gasteiger partial charge is 0.315 e. The van der Waals surface area contributed by atoms with Gasteiger partial charge in [-0.25, -0.2) is 4.79 Å². The molecule has 1 rings (SSSR count). The lowest BCUT2D eigenvalue weighted by molar-refractivity contribution is 0.210. The van der Waals surface area contributed by atoms with Crippen LogP contribution in [0.5, 0.6) is 0 Å². The van der Waals surface area contributed by atoms with Gasteiger partial charge in [0.1, 0.15) is 0 Å². The highest BCUT2D eigenvalue weighted by Crippen LogP contribution is 2.26. The number of urea groups is 1. The van der Waals surface area contributed by atoms with Crippen LogP contribution in [-0.2, 0) is 6.42 Å². The summed E-state index contributed by atoms with van der Waals surface area (Å²) in [5.74, 6) is 0. The van der Waals surface area contributed by atoms with Gasteiger partial charge in [-0.2, -0.15) is 0 Å². The van der Waals surface area contributed by atoms with Gasteiger partial charge in [0, 0.05) is 12.1 Å². The van der Waals surface area contributed by atoms with Gasteiger partial charge in [-0.15, -0.1) is 0 Å². The summed E-state index contributed by atoms with van der Waals surface area (Å²) < 4.78 is 0. The van der Waals surface area contributed by atoms with Crippen molar-refractivity contribution >= 4 is 6.03 Å². The van der Waals surface area contributed by atoms with E-state index in [1.54, 1.807) is 0 Å². The molecule has 0 aliphatic rings. The molecule has 0 unspecified atom stereocenters. The number of carbonyl (C=O) groups is 1. The Morgan fingerprint density at radius 2 is 1.71 bits per heavy atom. The van der Waals surface area contributed by atoms with Crippen LogP contribution in [0.2, 0.25) is 0 Å². The minimum atomic E-state index is -0.203. The van der Waals surface area contributed by atoms with Crippen LogP contribution in [0.3, 0.4) is 0 Å². The normalized spacial score (nSPS) is 12.1. The summed E-state index contributed by atoms with van der Waals surface area (Å²) in [6, 6.07) is 8.20. The van der Waals surface area contributed by atoms with Crippen molar-refractivity contribution in [3.63, 3.8) is 0 Å². The molecule has 118 valence electrons. The van der Waals surface area contributed by atoms with Gasteiger partial charge in [0.2, 0.25) is 0 Å². The molecule has 1 aromatic rings. The Morgan fingerprint density at radius 3 is 2.29 bits per heavy atom. The summed E-state index contributed by atoms with van der Waals surface area (Å²) in [6.07, 6.45) is 1.80. The lowest BCUT2D eigenvalue weighted by atomic mass is 9.82. The molecule has 3 nitrogen and oxygen atoms in total. The van der Waals surface area contributed by atoms with Crippen molar-refractivity contribution in [2.45, 2.75) is 59.9 Å². The lowest BCUT2D eigenvalue weighted by Gasteiger charge is -2.33. The zero-order valence-corrected chi connectivity index (χ0v) is 14.3. The molecular weight excluding hydrogens is 260 g/mol. The molecule has 0 saturated carbocycles. The number of hydrogen-bond donors (Lipinski definition) is 2. The van der Waals surface area contributed by atoms with Gasteiger partial charge in [0.15, 0.2) is 0 Å². The second kappa shape index (κ2) is 6.97. The largest absolute Gasteiger partial charge is 0.338 e. The fourth-order valence-electron chi connectivity index (χ4n) is 2.92. The third-order valence-electron chi connectivity index (χ3n) is 3.37. The first kappa shape index (κ1) is 17.5. The van der Waals surface area contributed by atoms with Gasteiger partial charge in [-0.1, -0.05) is 45.0 Å². The molecule has 2 amide bonds. The van der Waals surface area contributed by atoms with Crippen molar-refractivity contribution in [3.8, 4) is 0 Å². The first-order valence-electron chi connectivity index (χ1n) is 7.70. The maximum Gasteiger partial charge on any atom is 0.315 e. The van der Waals surface area contributed by atoms with Gasteiger partial charge in [-0.05, 0) is 50.2 Å². The minimum Gasteiger partial charge on any atom is -0.338 e. The monoisotopic (exact) mass is 290 g/mol. The van der Waals surface area contributed by atoms with Gasteiger partial charge in [0.05, 0.1) is 0 Å². The van der Waals surface area contributed by atoms with Crippen molar-refractivity contribution in [1.82, 2.24) is 10.6 Å². The molecule has 0 heterocycles. The number of aryl methyl sites for hydroxylation is 1. The minimum absolute atomic E-state index is 0.0853. The number of nitrogens with one attached hydrogen (secondary N) is 2. The molecular formula is C18H30N2O. The maximum absolute atomic E-state index is 12.0. The van der Waals surface area contributed by atoms with Crippen molar-refractivity contribution in [2.24, 2.45) is 5.41 Å². The van der Waals surface area contributed by atoms with Crippen LogP contribution < -0.4 is 10.6 Å². The van der Waals surface area contributed by atoms with Crippen LogP contribution in [-0.4, -0.2) is 18.1 Å². The van der Waals surface area contributed by atoms with Crippen molar-refractivity contribution in [1.29, 1.82) is 0 Å². The Balaban J connectivity index is 2.39. The molecule has 0 atom stereocenters. The van der Waals surface area contributed by atoms with E-state index in [1.807, 2.05) is 12.1 Å². The highest BCUT2D eigenvalue weighted by atomic mass is 16.2. The second-order valence-corrected chi connectivity index (χ2v) is 7.68. The lowest BCUT2D eigenvalue weighted by Crippen LogP contribution is -2.50. The molecule has 21 heavy (non-hydrogen) atoms. The Morgan fingerprint density at radius 1 is 1.10 bits per heavy atom. The number of hydrogen-bond acceptors (Lipinski definition) is 1. The van der Waals surface area contributed by atoms with E-state index in [4.69, 9.17) is 0 Å². The summed E-state index contributed by atoms with van der Waals surface area (Å²) in [5.41, 5.74) is 2.54. The van der Waals surface area contributed by atoms with Crippen LogP contribution in [0.4, 0.5) is 4.79 Å². The molecule has 0 radical (unpaired) electrons. The molecule has 0 saturated heterocycles. The van der Waals surface area contributed by atoms with Crippen LogP contribution in [0, 0.1) is 12.3 Å². The van der Waals surface area contributed by atoms with Gasteiger partial charge < -0.3 is 10.6 Å². The Kier molecular flexibility index (Phi) is 5.82. The predicted octanol–water partition coefficient (Wildman–Crippen LogP) is 4.05. The molecule has 1 aromatic carbocycles. The van der Waals surface area contributed by atoms with Crippen molar-refractivity contribution < 1.29 is 4.79 Å². The fraction of sp³-hybridized carbons (Fsp3) is 0.611. The third kappa shape index (κ3) is 7.16. The molecule has 0 bridgehead atoms. The number of carbonyl (C=O) groups excluding carboxylic acids is 1. The van der Waals surface area contributed by atoms with Crippen LogP contribution in [0.1, 0.15) is 52.2 Å². The Labute approximate surface area is 129 Å². The van der Waals surface area contributed by atoms with Crippen molar-refractivity contribution in [2.75, 3.05) is 6.54 Å². The molecule has 0 fully saturated rings.